The van der Waals surface area contributed by atoms with Crippen molar-refractivity contribution in [2.24, 2.45) is 10.8 Å². The van der Waals surface area contributed by atoms with Crippen molar-refractivity contribution in [3.63, 3.8) is 0 Å². The third-order valence-corrected chi connectivity index (χ3v) is 6.43. The number of fused-ring (bicyclic) bond motifs is 4. The summed E-state index contributed by atoms with van der Waals surface area (Å²) < 4.78 is 0. The third kappa shape index (κ3) is 0.805. The van der Waals surface area contributed by atoms with Gasteiger partial charge in [-0.15, -0.1) is 0 Å². The molecule has 5 fully saturated rings. The lowest BCUT2D eigenvalue weighted by atomic mass is 9.38. The Hall–Kier alpha value is -0.160. The molecule has 4 spiro atoms. The van der Waals surface area contributed by atoms with E-state index in [1.807, 2.05) is 0 Å². The molecule has 0 radical (unpaired) electrons. The van der Waals surface area contributed by atoms with Gasteiger partial charge < -0.3 is 0 Å². The van der Waals surface area contributed by atoms with Crippen LogP contribution in [-0.4, -0.2) is 11.6 Å². The summed E-state index contributed by atoms with van der Waals surface area (Å²) in [5.74, 6) is -0.700. The molecule has 0 aromatic heterocycles. The summed E-state index contributed by atoms with van der Waals surface area (Å²) in [6.07, 6.45) is 12.2. The summed E-state index contributed by atoms with van der Waals surface area (Å²) in [5, 5.41) is 0. The van der Waals surface area contributed by atoms with E-state index in [-0.39, 0.29) is 22.4 Å². The van der Waals surface area contributed by atoms with Crippen molar-refractivity contribution in [3.8, 4) is 0 Å². The maximum Gasteiger partial charge on any atom is 0.256 e. The average molecular weight is 252 g/mol. The van der Waals surface area contributed by atoms with Gasteiger partial charge in [0.05, 0.1) is 10.8 Å². The van der Waals surface area contributed by atoms with Crippen molar-refractivity contribution in [3.05, 3.63) is 0 Å². The van der Waals surface area contributed by atoms with Crippen LogP contribution in [0.2, 0.25) is 0 Å². The molecule has 18 heavy (non-hydrogen) atoms. The van der Waals surface area contributed by atoms with Gasteiger partial charge in [-0.25, -0.2) is 0 Å². The molecule has 5 rings (SSSR count). The second-order valence-corrected chi connectivity index (χ2v) is 6.85. The first-order valence-corrected chi connectivity index (χ1v) is 7.56. The lowest BCUT2D eigenvalue weighted by Crippen LogP contribution is -2.78. The van der Waals surface area contributed by atoms with E-state index >= 15 is 0 Å². The van der Waals surface area contributed by atoms with E-state index in [4.69, 9.17) is 19.6 Å². The Morgan fingerprint density at radius 2 is 0.778 bits per heavy atom. The van der Waals surface area contributed by atoms with Gasteiger partial charge in [-0.3, -0.25) is 0 Å². The molecule has 0 aromatic carbocycles. The lowest BCUT2D eigenvalue weighted by molar-refractivity contribution is -0.280. The highest BCUT2D eigenvalue weighted by atomic mass is 17.4. The summed E-state index contributed by atoms with van der Waals surface area (Å²) in [6.45, 7) is 0. The maximum atomic E-state index is 5.63. The van der Waals surface area contributed by atoms with E-state index in [9.17, 15) is 0 Å². The van der Waals surface area contributed by atoms with Gasteiger partial charge in [0, 0.05) is 0 Å². The van der Waals surface area contributed by atoms with Crippen LogP contribution in [0.5, 0.6) is 0 Å². The quantitative estimate of drug-likeness (QED) is 0.490. The van der Waals surface area contributed by atoms with Crippen LogP contribution in [0.3, 0.4) is 0 Å². The fourth-order valence-electron chi connectivity index (χ4n) is 5.64. The van der Waals surface area contributed by atoms with Gasteiger partial charge in [-0.1, -0.05) is 38.5 Å². The Bertz CT molecular complexity index is 331. The van der Waals surface area contributed by atoms with E-state index in [1.165, 1.54) is 38.5 Å². The van der Waals surface area contributed by atoms with Gasteiger partial charge in [0.2, 0.25) is 0 Å². The van der Waals surface area contributed by atoms with Crippen LogP contribution in [0.4, 0.5) is 0 Å². The molecular formula is C14H20O4. The maximum absolute atomic E-state index is 5.63. The predicted octanol–water partition coefficient (Wildman–Crippen LogP) is 3.22. The largest absolute Gasteiger partial charge is 0.256 e. The van der Waals surface area contributed by atoms with Crippen molar-refractivity contribution < 1.29 is 19.6 Å². The number of rotatable bonds is 0. The first-order chi connectivity index (χ1) is 8.83. The summed E-state index contributed by atoms with van der Waals surface area (Å²) >= 11 is 0. The second kappa shape index (κ2) is 2.95. The topological polar surface area (TPSA) is 50.1 Å². The standard InChI is InChI=1S/C14H20O4/c1-3-7-11(8-4-1)13(15-16-13)12(14(11)17-18-14)9-5-2-6-10-12/h1-10H2. The highest BCUT2D eigenvalue weighted by molar-refractivity contribution is 5.33. The Balaban J connectivity index is 1.60. The van der Waals surface area contributed by atoms with E-state index in [0.717, 1.165) is 25.7 Å². The first kappa shape index (κ1) is 10.6. The molecule has 4 heteroatoms. The van der Waals surface area contributed by atoms with Crippen molar-refractivity contribution in [2.45, 2.75) is 75.8 Å². The average Bonchev–Trinajstić information content (AvgIpc) is 3.31. The monoisotopic (exact) mass is 252 g/mol. The Kier molecular flexibility index (Phi) is 1.74. The molecule has 0 bridgehead atoms. The second-order valence-electron chi connectivity index (χ2n) is 6.85. The van der Waals surface area contributed by atoms with Crippen LogP contribution in [0.1, 0.15) is 64.2 Å². The van der Waals surface area contributed by atoms with E-state index in [1.54, 1.807) is 0 Å². The molecule has 2 saturated heterocycles. The molecular weight excluding hydrogens is 232 g/mol. The molecule has 0 unspecified atom stereocenters. The molecule has 3 saturated carbocycles. The Labute approximate surface area is 107 Å². The summed E-state index contributed by atoms with van der Waals surface area (Å²) in [7, 11) is 0. The van der Waals surface area contributed by atoms with Crippen LogP contribution in [0.25, 0.3) is 0 Å². The van der Waals surface area contributed by atoms with Gasteiger partial charge >= 0.3 is 0 Å². The first-order valence-electron chi connectivity index (χ1n) is 7.56. The molecule has 0 atom stereocenters. The third-order valence-electron chi connectivity index (χ3n) is 6.43. The molecule has 5 aliphatic rings. The molecule has 2 heterocycles. The van der Waals surface area contributed by atoms with Crippen LogP contribution in [0.15, 0.2) is 0 Å². The minimum Gasteiger partial charge on any atom is -0.193 e. The predicted molar refractivity (Wildman–Crippen MR) is 60.8 cm³/mol. The summed E-state index contributed by atoms with van der Waals surface area (Å²) in [4.78, 5) is 22.5. The van der Waals surface area contributed by atoms with Gasteiger partial charge in [-0.05, 0) is 25.7 Å². The van der Waals surface area contributed by atoms with Crippen molar-refractivity contribution in [2.75, 3.05) is 0 Å². The molecule has 100 valence electrons. The van der Waals surface area contributed by atoms with Crippen molar-refractivity contribution in [1.82, 2.24) is 0 Å². The molecule has 4 nitrogen and oxygen atoms in total. The van der Waals surface area contributed by atoms with E-state index in [0.29, 0.717) is 0 Å². The fourth-order valence-corrected chi connectivity index (χ4v) is 5.64. The smallest absolute Gasteiger partial charge is 0.193 e. The van der Waals surface area contributed by atoms with E-state index in [2.05, 4.69) is 0 Å². The number of hydrogen-bond donors (Lipinski definition) is 0. The van der Waals surface area contributed by atoms with Crippen LogP contribution < -0.4 is 0 Å². The zero-order valence-electron chi connectivity index (χ0n) is 10.7. The molecule has 2 aliphatic heterocycles. The highest BCUT2D eigenvalue weighted by Crippen LogP contribution is 2.88. The van der Waals surface area contributed by atoms with Crippen molar-refractivity contribution in [1.29, 1.82) is 0 Å². The summed E-state index contributed by atoms with van der Waals surface area (Å²) in [5.41, 5.74) is -0.00875. The highest BCUT2D eigenvalue weighted by Gasteiger charge is 3.02. The number of hydrogen-bond acceptors (Lipinski definition) is 4. The van der Waals surface area contributed by atoms with Gasteiger partial charge in [0.1, 0.15) is 0 Å². The van der Waals surface area contributed by atoms with Gasteiger partial charge in [0.25, 0.3) is 11.6 Å². The zero-order chi connectivity index (χ0) is 11.9. The molecule has 0 aromatic rings. The SMILES string of the molecule is C1CCC2(CC1)C1(OO1)C1(CCCCC1)C21OO1. The van der Waals surface area contributed by atoms with Crippen LogP contribution in [-0.2, 0) is 19.6 Å². The molecule has 0 amide bonds. The van der Waals surface area contributed by atoms with Crippen molar-refractivity contribution >= 4 is 0 Å². The molecule has 3 aliphatic carbocycles. The Morgan fingerprint density at radius 1 is 0.444 bits per heavy atom. The van der Waals surface area contributed by atoms with Gasteiger partial charge in [-0.2, -0.15) is 19.6 Å². The van der Waals surface area contributed by atoms with E-state index < -0.39 is 0 Å². The molecule has 0 N–H and O–H groups in total. The summed E-state index contributed by atoms with van der Waals surface area (Å²) in [6, 6.07) is 0. The zero-order valence-corrected chi connectivity index (χ0v) is 10.7. The van der Waals surface area contributed by atoms with Gasteiger partial charge in [0.15, 0.2) is 0 Å². The normalized spacial score (nSPS) is 40.0. The van der Waals surface area contributed by atoms with Crippen LogP contribution in [0, 0.1) is 10.8 Å². The lowest BCUT2D eigenvalue weighted by Gasteiger charge is -2.63. The minimum absolute atomic E-state index is 0.00438. The minimum atomic E-state index is -0.350. The van der Waals surface area contributed by atoms with Crippen LogP contribution >= 0.6 is 0 Å². The fraction of sp³-hybridized carbons (Fsp3) is 1.00. The Morgan fingerprint density at radius 3 is 1.06 bits per heavy atom.